The van der Waals surface area contributed by atoms with Gasteiger partial charge in [-0.15, -0.1) is 0 Å². The number of nitrogens with one attached hydrogen (secondary N) is 1. The van der Waals surface area contributed by atoms with Crippen molar-refractivity contribution in [2.75, 3.05) is 6.61 Å². The van der Waals surface area contributed by atoms with Gasteiger partial charge in [0.25, 0.3) is 5.91 Å². The van der Waals surface area contributed by atoms with Crippen molar-refractivity contribution < 1.29 is 14.3 Å². The zero-order valence-corrected chi connectivity index (χ0v) is 18.4. The van der Waals surface area contributed by atoms with E-state index in [9.17, 15) is 9.59 Å². The van der Waals surface area contributed by atoms with E-state index in [4.69, 9.17) is 16.3 Å². The molecule has 0 fully saturated rings. The van der Waals surface area contributed by atoms with Gasteiger partial charge >= 0.3 is 0 Å². The van der Waals surface area contributed by atoms with Gasteiger partial charge in [-0.05, 0) is 64.4 Å². The van der Waals surface area contributed by atoms with E-state index in [0.717, 1.165) is 11.1 Å². The molecule has 6 heteroatoms. The van der Waals surface area contributed by atoms with Gasteiger partial charge in [-0.3, -0.25) is 9.59 Å². The van der Waals surface area contributed by atoms with Gasteiger partial charge in [-0.2, -0.15) is 0 Å². The van der Waals surface area contributed by atoms with E-state index >= 15 is 0 Å². The predicted molar refractivity (Wildman–Crippen MR) is 116 cm³/mol. The third-order valence-electron chi connectivity index (χ3n) is 4.29. The van der Waals surface area contributed by atoms with Crippen LogP contribution in [-0.2, 0) is 16.1 Å². The maximum atomic E-state index is 13.0. The Morgan fingerprint density at radius 2 is 1.79 bits per heavy atom. The highest BCUT2D eigenvalue weighted by molar-refractivity contribution is 6.30. The Bertz CT molecular complexity index is 844. The van der Waals surface area contributed by atoms with Gasteiger partial charge < -0.3 is 15.0 Å². The summed E-state index contributed by atoms with van der Waals surface area (Å²) in [6.45, 7) is 9.52. The van der Waals surface area contributed by atoms with Crippen molar-refractivity contribution in [3.63, 3.8) is 0 Å². The summed E-state index contributed by atoms with van der Waals surface area (Å²) in [6.07, 6.45) is 0. The van der Waals surface area contributed by atoms with Gasteiger partial charge in [0.15, 0.2) is 6.61 Å². The molecule has 1 atom stereocenters. The number of nitrogens with zero attached hydrogens (tertiary/aromatic N) is 1. The second kappa shape index (κ2) is 9.79. The maximum absolute atomic E-state index is 13.0. The van der Waals surface area contributed by atoms with Gasteiger partial charge in [-0.1, -0.05) is 41.4 Å². The highest BCUT2D eigenvalue weighted by Gasteiger charge is 2.28. The summed E-state index contributed by atoms with van der Waals surface area (Å²) in [6, 6.07) is 14.1. The molecule has 0 saturated heterocycles. The van der Waals surface area contributed by atoms with Crippen molar-refractivity contribution in [2.45, 2.75) is 52.7 Å². The summed E-state index contributed by atoms with van der Waals surface area (Å²) >= 11 is 6.08. The number of aryl methyl sites for hydroxylation is 1. The monoisotopic (exact) mass is 416 g/mol. The fourth-order valence-corrected chi connectivity index (χ4v) is 2.96. The van der Waals surface area contributed by atoms with Crippen LogP contribution in [-0.4, -0.2) is 34.9 Å². The van der Waals surface area contributed by atoms with Crippen LogP contribution in [0.2, 0.25) is 5.02 Å². The molecule has 2 aromatic rings. The standard InChI is InChI=1S/C23H29ClN2O3/c1-16-9-11-20(12-10-16)29-15-21(27)26(14-18-7-6-8-19(24)13-18)17(2)22(28)25-23(3,4)5/h6-13,17H,14-15H2,1-5H3,(H,25,28)/t17-/m0/s1. The quantitative estimate of drug-likeness (QED) is 0.729. The van der Waals surface area contributed by atoms with Crippen molar-refractivity contribution in [3.05, 3.63) is 64.7 Å². The second-order valence-corrected chi connectivity index (χ2v) is 8.60. The molecular weight excluding hydrogens is 388 g/mol. The fraction of sp³-hybridized carbons (Fsp3) is 0.391. The van der Waals surface area contributed by atoms with Crippen LogP contribution in [0.5, 0.6) is 5.75 Å². The van der Waals surface area contributed by atoms with Gasteiger partial charge in [0, 0.05) is 17.1 Å². The highest BCUT2D eigenvalue weighted by Crippen LogP contribution is 2.16. The van der Waals surface area contributed by atoms with Crippen LogP contribution in [0.4, 0.5) is 0 Å². The van der Waals surface area contributed by atoms with Crippen molar-refractivity contribution in [2.24, 2.45) is 0 Å². The van der Waals surface area contributed by atoms with E-state index in [0.29, 0.717) is 10.8 Å². The molecule has 0 radical (unpaired) electrons. The molecule has 0 bridgehead atoms. The van der Waals surface area contributed by atoms with Crippen molar-refractivity contribution >= 4 is 23.4 Å². The van der Waals surface area contributed by atoms with Gasteiger partial charge in [0.1, 0.15) is 11.8 Å². The lowest BCUT2D eigenvalue weighted by Crippen LogP contribution is -2.53. The number of benzene rings is 2. The number of hydrogen-bond donors (Lipinski definition) is 1. The Balaban J connectivity index is 2.16. The Kier molecular flexibility index (Phi) is 7.68. The number of carbonyl (C=O) groups is 2. The smallest absolute Gasteiger partial charge is 0.261 e. The van der Waals surface area contributed by atoms with E-state index in [-0.39, 0.29) is 25.0 Å². The number of carbonyl (C=O) groups excluding carboxylic acids is 2. The number of halogens is 1. The molecule has 0 unspecified atom stereocenters. The van der Waals surface area contributed by atoms with Crippen molar-refractivity contribution in [1.29, 1.82) is 0 Å². The minimum Gasteiger partial charge on any atom is -0.484 e. The summed E-state index contributed by atoms with van der Waals surface area (Å²) in [7, 11) is 0. The largest absolute Gasteiger partial charge is 0.484 e. The van der Waals surface area contributed by atoms with E-state index in [1.54, 1.807) is 19.1 Å². The first kappa shape index (κ1) is 22.8. The SMILES string of the molecule is Cc1ccc(OCC(=O)N(Cc2cccc(Cl)c2)[C@@H](C)C(=O)NC(C)(C)C)cc1. The van der Waals surface area contributed by atoms with Crippen molar-refractivity contribution in [1.82, 2.24) is 10.2 Å². The summed E-state index contributed by atoms with van der Waals surface area (Å²) in [4.78, 5) is 27.2. The molecule has 2 aromatic carbocycles. The van der Waals surface area contributed by atoms with Gasteiger partial charge in [-0.25, -0.2) is 0 Å². The average molecular weight is 417 g/mol. The molecular formula is C23H29ClN2O3. The van der Waals surface area contributed by atoms with E-state index in [2.05, 4.69) is 5.32 Å². The molecule has 156 valence electrons. The second-order valence-electron chi connectivity index (χ2n) is 8.17. The third kappa shape index (κ3) is 7.42. The Labute approximate surface area is 178 Å². The first-order valence-corrected chi connectivity index (χ1v) is 9.98. The van der Waals surface area contributed by atoms with E-state index in [1.807, 2.05) is 64.1 Å². The summed E-state index contributed by atoms with van der Waals surface area (Å²) in [5.74, 6) is 0.115. The maximum Gasteiger partial charge on any atom is 0.261 e. The average Bonchev–Trinajstić information content (AvgIpc) is 2.63. The fourth-order valence-electron chi connectivity index (χ4n) is 2.75. The van der Waals surface area contributed by atoms with E-state index < -0.39 is 11.6 Å². The first-order valence-electron chi connectivity index (χ1n) is 9.60. The Hall–Kier alpha value is -2.53. The Morgan fingerprint density at radius 1 is 1.14 bits per heavy atom. The number of amides is 2. The Morgan fingerprint density at radius 3 is 2.38 bits per heavy atom. The zero-order chi connectivity index (χ0) is 21.6. The molecule has 0 aliphatic rings. The normalized spacial score (nSPS) is 12.2. The molecule has 0 spiro atoms. The predicted octanol–water partition coefficient (Wildman–Crippen LogP) is 4.36. The molecule has 0 aliphatic heterocycles. The van der Waals surface area contributed by atoms with Crippen molar-refractivity contribution in [3.8, 4) is 5.75 Å². The minimum absolute atomic E-state index is 0.156. The van der Waals surface area contributed by atoms with Gasteiger partial charge in [0.2, 0.25) is 5.91 Å². The van der Waals surface area contributed by atoms with Crippen LogP contribution in [0.15, 0.2) is 48.5 Å². The van der Waals surface area contributed by atoms with Crippen LogP contribution in [0.25, 0.3) is 0 Å². The zero-order valence-electron chi connectivity index (χ0n) is 17.7. The molecule has 0 aliphatic carbocycles. The van der Waals surface area contributed by atoms with Gasteiger partial charge in [0.05, 0.1) is 0 Å². The van der Waals surface area contributed by atoms with Crippen LogP contribution in [0, 0.1) is 6.92 Å². The summed E-state index contributed by atoms with van der Waals surface area (Å²) < 4.78 is 5.65. The van der Waals surface area contributed by atoms with Crippen LogP contribution >= 0.6 is 11.6 Å². The molecule has 0 heterocycles. The summed E-state index contributed by atoms with van der Waals surface area (Å²) in [5, 5.41) is 3.51. The number of ether oxygens (including phenoxy) is 1. The molecule has 5 nitrogen and oxygen atoms in total. The highest BCUT2D eigenvalue weighted by atomic mass is 35.5. The molecule has 0 aromatic heterocycles. The summed E-state index contributed by atoms with van der Waals surface area (Å²) in [5.41, 5.74) is 1.56. The van der Waals surface area contributed by atoms with Crippen LogP contribution in [0.1, 0.15) is 38.8 Å². The lowest BCUT2D eigenvalue weighted by Gasteiger charge is -2.31. The number of hydrogen-bond acceptors (Lipinski definition) is 3. The van der Waals surface area contributed by atoms with Crippen LogP contribution in [0.3, 0.4) is 0 Å². The van der Waals surface area contributed by atoms with Crippen LogP contribution < -0.4 is 10.1 Å². The van der Waals surface area contributed by atoms with E-state index in [1.165, 1.54) is 4.90 Å². The minimum atomic E-state index is -0.665. The molecule has 29 heavy (non-hydrogen) atoms. The first-order chi connectivity index (χ1) is 13.5. The lowest BCUT2D eigenvalue weighted by atomic mass is 10.1. The molecule has 1 N–H and O–H groups in total. The molecule has 2 rings (SSSR count). The molecule has 2 amide bonds. The number of rotatable bonds is 7. The molecule has 0 saturated carbocycles. The topological polar surface area (TPSA) is 58.6 Å². The third-order valence-corrected chi connectivity index (χ3v) is 4.53. The lowest BCUT2D eigenvalue weighted by molar-refractivity contribution is -0.142.